The molecule has 0 bridgehead atoms. The summed E-state index contributed by atoms with van der Waals surface area (Å²) in [6.45, 7) is 9.35. The summed E-state index contributed by atoms with van der Waals surface area (Å²) in [6, 6.07) is 11.6. The van der Waals surface area contributed by atoms with Crippen LogP contribution in [-0.4, -0.2) is 31.1 Å². The number of likely N-dealkylation sites (tertiary alicyclic amines) is 1. The van der Waals surface area contributed by atoms with Gasteiger partial charge in [0, 0.05) is 12.6 Å². The molecule has 0 spiro atoms. The van der Waals surface area contributed by atoms with Crippen molar-refractivity contribution in [2.24, 2.45) is 5.92 Å². The summed E-state index contributed by atoms with van der Waals surface area (Å²) in [6.07, 6.45) is 5.28. The quantitative estimate of drug-likeness (QED) is 0.774. The smallest absolute Gasteiger partial charge is 0.0472 e. The Labute approximate surface area is 124 Å². The molecule has 1 aliphatic heterocycles. The molecule has 20 heavy (non-hydrogen) atoms. The number of nitrogens with zero attached hydrogens (tertiary/aromatic N) is 1. The van der Waals surface area contributed by atoms with Crippen molar-refractivity contribution in [2.75, 3.05) is 26.2 Å². The SMILES string of the molecule is CCC(CC)CNCC(c1ccccc1)N1CCCC1. The van der Waals surface area contributed by atoms with Crippen LogP contribution in [0.3, 0.4) is 0 Å². The average Bonchev–Trinajstić information content (AvgIpc) is 3.02. The summed E-state index contributed by atoms with van der Waals surface area (Å²) >= 11 is 0. The number of hydrogen-bond acceptors (Lipinski definition) is 2. The molecule has 2 heteroatoms. The van der Waals surface area contributed by atoms with Gasteiger partial charge in [0.25, 0.3) is 0 Å². The van der Waals surface area contributed by atoms with Crippen molar-refractivity contribution in [1.29, 1.82) is 0 Å². The van der Waals surface area contributed by atoms with Gasteiger partial charge >= 0.3 is 0 Å². The van der Waals surface area contributed by atoms with Crippen molar-refractivity contribution in [3.63, 3.8) is 0 Å². The molecule has 1 saturated heterocycles. The van der Waals surface area contributed by atoms with Crippen molar-refractivity contribution in [3.8, 4) is 0 Å². The van der Waals surface area contributed by atoms with Crippen molar-refractivity contribution >= 4 is 0 Å². The first-order valence-electron chi connectivity index (χ1n) is 8.34. The minimum absolute atomic E-state index is 0.549. The van der Waals surface area contributed by atoms with Crippen LogP contribution in [-0.2, 0) is 0 Å². The van der Waals surface area contributed by atoms with Crippen LogP contribution in [0.25, 0.3) is 0 Å². The molecule has 1 atom stereocenters. The van der Waals surface area contributed by atoms with E-state index < -0.39 is 0 Å². The zero-order valence-corrected chi connectivity index (χ0v) is 13.1. The van der Waals surface area contributed by atoms with Crippen molar-refractivity contribution in [2.45, 2.75) is 45.6 Å². The van der Waals surface area contributed by atoms with Gasteiger partial charge in [0.05, 0.1) is 0 Å². The zero-order valence-electron chi connectivity index (χ0n) is 13.1. The van der Waals surface area contributed by atoms with Crippen molar-refractivity contribution in [1.82, 2.24) is 10.2 Å². The third kappa shape index (κ3) is 4.32. The van der Waals surface area contributed by atoms with Crippen LogP contribution in [0, 0.1) is 5.92 Å². The Balaban J connectivity index is 1.93. The van der Waals surface area contributed by atoms with Crippen LogP contribution >= 0.6 is 0 Å². The summed E-state index contributed by atoms with van der Waals surface area (Å²) in [5.74, 6) is 0.824. The molecule has 112 valence electrons. The summed E-state index contributed by atoms with van der Waals surface area (Å²) < 4.78 is 0. The highest BCUT2D eigenvalue weighted by Crippen LogP contribution is 2.24. The molecule has 1 N–H and O–H groups in total. The fourth-order valence-corrected chi connectivity index (χ4v) is 3.19. The van der Waals surface area contributed by atoms with Crippen LogP contribution in [0.15, 0.2) is 30.3 Å². The molecule has 2 nitrogen and oxygen atoms in total. The zero-order chi connectivity index (χ0) is 14.2. The van der Waals surface area contributed by atoms with E-state index in [9.17, 15) is 0 Å². The lowest BCUT2D eigenvalue weighted by molar-refractivity contribution is 0.235. The monoisotopic (exact) mass is 274 g/mol. The fourth-order valence-electron chi connectivity index (χ4n) is 3.19. The molecule has 0 amide bonds. The first kappa shape index (κ1) is 15.5. The largest absolute Gasteiger partial charge is 0.315 e. The van der Waals surface area contributed by atoms with Gasteiger partial charge in [-0.25, -0.2) is 0 Å². The fraction of sp³-hybridized carbons (Fsp3) is 0.667. The molecule has 2 rings (SSSR count). The Morgan fingerprint density at radius 1 is 1.00 bits per heavy atom. The first-order valence-corrected chi connectivity index (χ1v) is 8.34. The summed E-state index contributed by atoms with van der Waals surface area (Å²) in [5, 5.41) is 3.72. The van der Waals surface area contributed by atoms with Gasteiger partial charge in [-0.05, 0) is 44.0 Å². The van der Waals surface area contributed by atoms with E-state index in [1.165, 1.54) is 44.3 Å². The van der Waals surface area contributed by atoms with Gasteiger partial charge in [-0.15, -0.1) is 0 Å². The minimum atomic E-state index is 0.549. The molecule has 0 aliphatic carbocycles. The number of benzene rings is 1. The predicted molar refractivity (Wildman–Crippen MR) is 86.9 cm³/mol. The van der Waals surface area contributed by atoms with Gasteiger partial charge in [-0.3, -0.25) is 4.90 Å². The number of nitrogens with one attached hydrogen (secondary N) is 1. The van der Waals surface area contributed by atoms with E-state index in [1.807, 2.05) is 0 Å². The molecule has 1 heterocycles. The highest BCUT2D eigenvalue weighted by molar-refractivity contribution is 5.19. The Bertz CT molecular complexity index is 353. The van der Waals surface area contributed by atoms with Crippen molar-refractivity contribution in [3.05, 3.63) is 35.9 Å². The molecular formula is C18H30N2. The van der Waals surface area contributed by atoms with Gasteiger partial charge < -0.3 is 5.32 Å². The van der Waals surface area contributed by atoms with Gasteiger partial charge in [0.15, 0.2) is 0 Å². The molecular weight excluding hydrogens is 244 g/mol. The van der Waals surface area contributed by atoms with E-state index in [2.05, 4.69) is 54.4 Å². The van der Waals surface area contributed by atoms with E-state index >= 15 is 0 Å². The van der Waals surface area contributed by atoms with Crippen LogP contribution in [0.1, 0.15) is 51.1 Å². The van der Waals surface area contributed by atoms with Crippen LogP contribution in [0.2, 0.25) is 0 Å². The van der Waals surface area contributed by atoms with Crippen LogP contribution in [0.5, 0.6) is 0 Å². The van der Waals surface area contributed by atoms with E-state index in [0.717, 1.165) is 19.0 Å². The van der Waals surface area contributed by atoms with Crippen LogP contribution < -0.4 is 5.32 Å². The first-order chi connectivity index (χ1) is 9.85. The molecule has 1 aromatic carbocycles. The maximum Gasteiger partial charge on any atom is 0.0472 e. The van der Waals surface area contributed by atoms with Crippen LogP contribution in [0.4, 0.5) is 0 Å². The second kappa shape index (κ2) is 8.43. The standard InChI is InChI=1S/C18H30N2/c1-3-16(4-2)14-19-15-18(20-12-8-9-13-20)17-10-6-5-7-11-17/h5-7,10-11,16,18-19H,3-4,8-9,12-15H2,1-2H3. The summed E-state index contributed by atoms with van der Waals surface area (Å²) in [4.78, 5) is 2.65. The number of hydrogen-bond donors (Lipinski definition) is 1. The molecule has 0 aromatic heterocycles. The Kier molecular flexibility index (Phi) is 6.55. The summed E-state index contributed by atoms with van der Waals surface area (Å²) in [7, 11) is 0. The molecule has 1 aliphatic rings. The second-order valence-corrected chi connectivity index (χ2v) is 6.01. The van der Waals surface area contributed by atoms with Gasteiger partial charge in [-0.1, -0.05) is 57.0 Å². The lowest BCUT2D eigenvalue weighted by atomic mass is 10.0. The minimum Gasteiger partial charge on any atom is -0.315 e. The van der Waals surface area contributed by atoms with Gasteiger partial charge in [0.2, 0.25) is 0 Å². The van der Waals surface area contributed by atoms with Gasteiger partial charge in [-0.2, -0.15) is 0 Å². The molecule has 1 fully saturated rings. The lowest BCUT2D eigenvalue weighted by Crippen LogP contribution is -2.35. The number of rotatable bonds is 8. The Hall–Kier alpha value is -0.860. The Morgan fingerprint density at radius 3 is 2.25 bits per heavy atom. The second-order valence-electron chi connectivity index (χ2n) is 6.01. The molecule has 1 unspecified atom stereocenters. The Morgan fingerprint density at radius 2 is 1.65 bits per heavy atom. The van der Waals surface area contributed by atoms with E-state index in [4.69, 9.17) is 0 Å². The van der Waals surface area contributed by atoms with E-state index in [0.29, 0.717) is 6.04 Å². The maximum absolute atomic E-state index is 3.72. The average molecular weight is 274 g/mol. The van der Waals surface area contributed by atoms with Crippen molar-refractivity contribution < 1.29 is 0 Å². The third-order valence-corrected chi connectivity index (χ3v) is 4.69. The summed E-state index contributed by atoms with van der Waals surface area (Å²) in [5.41, 5.74) is 1.46. The van der Waals surface area contributed by atoms with E-state index in [-0.39, 0.29) is 0 Å². The highest BCUT2D eigenvalue weighted by Gasteiger charge is 2.23. The third-order valence-electron chi connectivity index (χ3n) is 4.69. The molecule has 0 saturated carbocycles. The normalized spacial score (nSPS) is 17.8. The van der Waals surface area contributed by atoms with Gasteiger partial charge in [0.1, 0.15) is 0 Å². The lowest BCUT2D eigenvalue weighted by Gasteiger charge is -2.29. The molecule has 1 aromatic rings. The molecule has 0 radical (unpaired) electrons. The predicted octanol–water partition coefficient (Wildman–Crippen LogP) is 3.85. The maximum atomic E-state index is 3.72. The van der Waals surface area contributed by atoms with E-state index in [1.54, 1.807) is 0 Å². The highest BCUT2D eigenvalue weighted by atomic mass is 15.2. The topological polar surface area (TPSA) is 15.3 Å².